The minimum Gasteiger partial charge on any atom is -0.368 e. The van der Waals surface area contributed by atoms with Crippen LogP contribution in [0.5, 0.6) is 0 Å². The summed E-state index contributed by atoms with van der Waals surface area (Å²) < 4.78 is 43.1. The fourth-order valence-corrected chi connectivity index (χ4v) is 5.78. The third-order valence-corrected chi connectivity index (χ3v) is 7.94. The quantitative estimate of drug-likeness (QED) is 0.521. The van der Waals surface area contributed by atoms with Crippen LogP contribution in [0.25, 0.3) is 0 Å². The largest absolute Gasteiger partial charge is 0.418 e. The molecule has 1 saturated carbocycles. The first kappa shape index (κ1) is 27.4. The second kappa shape index (κ2) is 10.6. The third-order valence-electron chi connectivity index (χ3n) is 7.94. The number of Topliss-reactive ketones (excluding diaryl/α,β-unsaturated/α-hetero) is 1. The molecule has 1 aromatic heterocycles. The van der Waals surface area contributed by atoms with Crippen molar-refractivity contribution < 1.29 is 22.8 Å². The van der Waals surface area contributed by atoms with Gasteiger partial charge in [0.25, 0.3) is 0 Å². The average molecular weight is 540 g/mol. The number of hydrogen-bond donors (Lipinski definition) is 1. The van der Waals surface area contributed by atoms with Gasteiger partial charge in [-0.3, -0.25) is 19.2 Å². The lowest BCUT2D eigenvalue weighted by molar-refractivity contribution is -0.137. The van der Waals surface area contributed by atoms with Crippen LogP contribution in [-0.2, 0) is 11.0 Å². The number of primary amides is 1. The molecular weight excluding hydrogens is 507 g/mol. The van der Waals surface area contributed by atoms with E-state index in [1.54, 1.807) is 17.2 Å². The molecule has 1 amide bonds. The van der Waals surface area contributed by atoms with E-state index in [1.165, 1.54) is 12.1 Å². The van der Waals surface area contributed by atoms with Crippen molar-refractivity contribution >= 4 is 29.8 Å². The van der Waals surface area contributed by atoms with E-state index >= 15 is 0 Å². The van der Waals surface area contributed by atoms with Crippen LogP contribution in [0.1, 0.15) is 79.0 Å². The number of hydrogen-bond acceptors (Lipinski definition) is 5. The monoisotopic (exact) mass is 539 g/mol. The lowest BCUT2D eigenvalue weighted by atomic mass is 9.98. The normalized spacial score (nSPS) is 22.1. The molecule has 2 N–H and O–H groups in total. The van der Waals surface area contributed by atoms with Gasteiger partial charge in [-0.1, -0.05) is 12.1 Å². The number of aromatic nitrogens is 2. The van der Waals surface area contributed by atoms with E-state index in [2.05, 4.69) is 10.00 Å². The zero-order valence-corrected chi connectivity index (χ0v) is 21.6. The third kappa shape index (κ3) is 5.36. The van der Waals surface area contributed by atoms with Gasteiger partial charge in [0.2, 0.25) is 5.91 Å². The van der Waals surface area contributed by atoms with Crippen LogP contribution in [0, 0.1) is 0 Å². The van der Waals surface area contributed by atoms with E-state index in [0.29, 0.717) is 38.0 Å². The van der Waals surface area contributed by atoms with Crippen LogP contribution in [0.2, 0.25) is 0 Å². The zero-order valence-electron chi connectivity index (χ0n) is 20.8. The van der Waals surface area contributed by atoms with Crippen molar-refractivity contribution in [2.75, 3.05) is 24.5 Å². The summed E-state index contributed by atoms with van der Waals surface area (Å²) in [6.45, 7) is 3.65. The molecule has 37 heavy (non-hydrogen) atoms. The highest BCUT2D eigenvalue weighted by Crippen LogP contribution is 2.45. The van der Waals surface area contributed by atoms with E-state index in [-0.39, 0.29) is 47.8 Å². The first-order valence-corrected chi connectivity index (χ1v) is 12.7. The number of piperidine rings is 1. The van der Waals surface area contributed by atoms with Crippen LogP contribution in [0.4, 0.5) is 18.9 Å². The molecule has 202 valence electrons. The number of carbonyl (C=O) groups excluding carboxylic acids is 2. The number of alkyl halides is 3. The summed E-state index contributed by atoms with van der Waals surface area (Å²) in [4.78, 5) is 29.1. The Balaban J connectivity index is 0.00000320. The summed E-state index contributed by atoms with van der Waals surface area (Å²) in [5, 5.41) is 4.64. The van der Waals surface area contributed by atoms with Crippen LogP contribution >= 0.6 is 12.4 Å². The Morgan fingerprint density at radius 3 is 2.35 bits per heavy atom. The summed E-state index contributed by atoms with van der Waals surface area (Å²) in [5.41, 5.74) is 6.30. The number of carbonyl (C=O) groups is 2. The fourth-order valence-electron chi connectivity index (χ4n) is 5.78. The topological polar surface area (TPSA) is 84.5 Å². The number of halogens is 4. The molecule has 3 aliphatic rings. The summed E-state index contributed by atoms with van der Waals surface area (Å²) in [7, 11) is 0. The molecule has 11 heteroatoms. The van der Waals surface area contributed by atoms with E-state index in [0.717, 1.165) is 37.4 Å². The number of amides is 1. The fraction of sp³-hybridized carbons (Fsp3) is 0.577. The van der Waals surface area contributed by atoms with Gasteiger partial charge in [0.1, 0.15) is 0 Å². The predicted octanol–water partition coefficient (Wildman–Crippen LogP) is 4.56. The molecular formula is C26H33ClF3N5O2. The zero-order chi connectivity index (χ0) is 25.6. The molecule has 1 aliphatic carbocycles. The maximum Gasteiger partial charge on any atom is 0.418 e. The molecule has 0 bridgehead atoms. The van der Waals surface area contributed by atoms with Crippen LogP contribution in [-0.4, -0.2) is 58.1 Å². The average Bonchev–Trinajstić information content (AvgIpc) is 3.40. The van der Waals surface area contributed by atoms with Crippen molar-refractivity contribution in [1.82, 2.24) is 14.7 Å². The summed E-state index contributed by atoms with van der Waals surface area (Å²) in [5.74, 6) is -0.226. The number of nitrogens with two attached hydrogens (primary N) is 1. The van der Waals surface area contributed by atoms with E-state index < -0.39 is 17.8 Å². The number of rotatable bonds is 7. The van der Waals surface area contributed by atoms with Crippen molar-refractivity contribution in [3.05, 3.63) is 47.3 Å². The molecule has 5 rings (SSSR count). The van der Waals surface area contributed by atoms with Crippen LogP contribution < -0.4 is 10.6 Å². The Hall–Kier alpha value is -2.59. The number of anilines is 1. The van der Waals surface area contributed by atoms with Gasteiger partial charge in [-0.05, 0) is 57.6 Å². The van der Waals surface area contributed by atoms with E-state index in [4.69, 9.17) is 5.73 Å². The van der Waals surface area contributed by atoms with Crippen molar-refractivity contribution in [3.8, 4) is 0 Å². The standard InChI is InChI=1S/C26H32F3N5O2.ClH/c1-16(25(30)36)32-13-10-18(11-14-32)34-23(17-8-9-17)19(15-31-34)24(35)22-7-4-12-33(22)21-6-3-2-5-20(21)26(27,28)29;/h2-3,5-6,15-18,22H,4,7-14H2,1H3,(H2,30,36);1H. The first-order valence-electron chi connectivity index (χ1n) is 12.7. The highest BCUT2D eigenvalue weighted by Gasteiger charge is 2.42. The summed E-state index contributed by atoms with van der Waals surface area (Å²) >= 11 is 0. The minimum atomic E-state index is -4.49. The maximum absolute atomic E-state index is 13.8. The summed E-state index contributed by atoms with van der Waals surface area (Å²) in [6, 6.07) is 4.66. The summed E-state index contributed by atoms with van der Waals surface area (Å²) in [6.07, 6.45) is 1.86. The SMILES string of the molecule is CC(C(N)=O)N1CCC(n2ncc(C(=O)C3CCCN3c3ccccc3C(F)(F)F)c2C2CC2)CC1.Cl. The molecule has 0 radical (unpaired) electrons. The molecule has 2 atom stereocenters. The lowest BCUT2D eigenvalue weighted by Crippen LogP contribution is -2.47. The Morgan fingerprint density at radius 1 is 1.05 bits per heavy atom. The van der Waals surface area contributed by atoms with Crippen LogP contribution in [0.15, 0.2) is 30.5 Å². The second-order valence-corrected chi connectivity index (χ2v) is 10.2. The van der Waals surface area contributed by atoms with Gasteiger partial charge in [-0.15, -0.1) is 12.4 Å². The van der Waals surface area contributed by atoms with Crippen molar-refractivity contribution in [1.29, 1.82) is 0 Å². The molecule has 3 heterocycles. The van der Waals surface area contributed by atoms with E-state index in [9.17, 15) is 22.8 Å². The predicted molar refractivity (Wildman–Crippen MR) is 136 cm³/mol. The molecule has 0 spiro atoms. The van der Waals surface area contributed by atoms with Crippen molar-refractivity contribution in [3.63, 3.8) is 0 Å². The van der Waals surface area contributed by atoms with Gasteiger partial charge in [-0.2, -0.15) is 18.3 Å². The van der Waals surface area contributed by atoms with Gasteiger partial charge in [0.05, 0.1) is 41.1 Å². The lowest BCUT2D eigenvalue weighted by Gasteiger charge is -2.35. The molecule has 2 aliphatic heterocycles. The van der Waals surface area contributed by atoms with Gasteiger partial charge < -0.3 is 10.6 Å². The number of likely N-dealkylation sites (tertiary alicyclic amines) is 1. The van der Waals surface area contributed by atoms with Gasteiger partial charge >= 0.3 is 6.18 Å². The Morgan fingerprint density at radius 2 is 1.73 bits per heavy atom. The highest BCUT2D eigenvalue weighted by atomic mass is 35.5. The Bertz CT molecular complexity index is 1140. The smallest absolute Gasteiger partial charge is 0.368 e. The van der Waals surface area contributed by atoms with Gasteiger partial charge in [-0.25, -0.2) is 0 Å². The van der Waals surface area contributed by atoms with Crippen LogP contribution in [0.3, 0.4) is 0 Å². The molecule has 2 aromatic rings. The minimum absolute atomic E-state index is 0. The number of ketones is 1. The van der Waals surface area contributed by atoms with Crippen molar-refractivity contribution in [2.24, 2.45) is 5.73 Å². The van der Waals surface area contributed by atoms with Gasteiger partial charge in [0, 0.05) is 31.2 Å². The van der Waals surface area contributed by atoms with Crippen molar-refractivity contribution in [2.45, 2.75) is 75.7 Å². The Kier molecular flexibility index (Phi) is 7.90. The maximum atomic E-state index is 13.8. The molecule has 2 unspecified atom stereocenters. The number of benzene rings is 1. The highest BCUT2D eigenvalue weighted by molar-refractivity contribution is 6.03. The number of para-hydroxylation sites is 1. The Labute approximate surface area is 220 Å². The second-order valence-electron chi connectivity index (χ2n) is 10.2. The molecule has 3 fully saturated rings. The molecule has 2 saturated heterocycles. The van der Waals surface area contributed by atoms with Gasteiger partial charge in [0.15, 0.2) is 5.78 Å². The molecule has 1 aromatic carbocycles. The first-order chi connectivity index (χ1) is 17.2. The van der Waals surface area contributed by atoms with E-state index in [1.807, 2.05) is 11.6 Å². The molecule has 7 nitrogen and oxygen atoms in total. The number of nitrogens with zero attached hydrogens (tertiary/aromatic N) is 4.